The van der Waals surface area contributed by atoms with Crippen LogP contribution in [0.4, 0.5) is 8.78 Å². The van der Waals surface area contributed by atoms with Gasteiger partial charge in [0.25, 0.3) is 0 Å². The van der Waals surface area contributed by atoms with Crippen molar-refractivity contribution in [2.75, 3.05) is 19.7 Å². The Kier molecular flexibility index (Phi) is 4.87. The quantitative estimate of drug-likeness (QED) is 0.803. The van der Waals surface area contributed by atoms with E-state index in [0.29, 0.717) is 13.2 Å². The lowest BCUT2D eigenvalue weighted by Gasteiger charge is -2.18. The van der Waals surface area contributed by atoms with Gasteiger partial charge >= 0.3 is 0 Å². The fraction of sp³-hybridized carbons (Fsp3) is 0.538. The molecule has 1 aromatic carbocycles. The highest BCUT2D eigenvalue weighted by Gasteiger charge is 2.09. The van der Waals surface area contributed by atoms with Gasteiger partial charge in [-0.2, -0.15) is 0 Å². The Morgan fingerprint density at radius 3 is 2.53 bits per heavy atom. The predicted molar refractivity (Wildman–Crippen MR) is 64.2 cm³/mol. The Morgan fingerprint density at radius 2 is 1.94 bits per heavy atom. The molecule has 0 unspecified atom stereocenters. The first-order valence-corrected chi connectivity index (χ1v) is 5.67. The molecule has 0 fully saturated rings. The molecule has 0 spiro atoms. The molecule has 1 N–H and O–H groups in total. The van der Waals surface area contributed by atoms with Gasteiger partial charge < -0.3 is 10.1 Å². The Hall–Kier alpha value is -1.16. The molecule has 0 aromatic heterocycles. The molecule has 0 aliphatic heterocycles. The molecule has 0 heterocycles. The van der Waals surface area contributed by atoms with Gasteiger partial charge in [0.15, 0.2) is 11.6 Å². The standard InChI is InChI=1S/C13H19F2NO/c1-13(2,3)9-16-6-7-17-12-5-4-10(14)8-11(12)15/h4-5,8,16H,6-7,9H2,1-3H3. The van der Waals surface area contributed by atoms with Gasteiger partial charge in [-0.25, -0.2) is 8.78 Å². The van der Waals surface area contributed by atoms with Crippen LogP contribution in [0.25, 0.3) is 0 Å². The second-order valence-electron chi connectivity index (χ2n) is 5.16. The highest BCUT2D eigenvalue weighted by Crippen LogP contribution is 2.17. The summed E-state index contributed by atoms with van der Waals surface area (Å²) < 4.78 is 31.0. The molecule has 0 amide bonds. The molecule has 0 atom stereocenters. The van der Waals surface area contributed by atoms with Crippen LogP contribution in [0.3, 0.4) is 0 Å². The molecule has 0 aliphatic carbocycles. The Morgan fingerprint density at radius 1 is 1.24 bits per heavy atom. The van der Waals surface area contributed by atoms with Crippen LogP contribution < -0.4 is 10.1 Å². The van der Waals surface area contributed by atoms with Crippen molar-refractivity contribution in [1.29, 1.82) is 0 Å². The second kappa shape index (κ2) is 5.96. The monoisotopic (exact) mass is 243 g/mol. The molecule has 4 heteroatoms. The summed E-state index contributed by atoms with van der Waals surface area (Å²) in [6.07, 6.45) is 0. The molecular formula is C13H19F2NO. The van der Waals surface area contributed by atoms with Crippen molar-refractivity contribution in [2.45, 2.75) is 20.8 Å². The molecule has 0 saturated carbocycles. The van der Waals surface area contributed by atoms with Crippen molar-refractivity contribution in [1.82, 2.24) is 5.32 Å². The fourth-order valence-corrected chi connectivity index (χ4v) is 1.29. The second-order valence-corrected chi connectivity index (χ2v) is 5.16. The molecular weight excluding hydrogens is 224 g/mol. The van der Waals surface area contributed by atoms with Crippen LogP contribution in [0.2, 0.25) is 0 Å². The molecule has 2 nitrogen and oxygen atoms in total. The molecule has 1 aromatic rings. The van der Waals surface area contributed by atoms with E-state index in [9.17, 15) is 8.78 Å². The van der Waals surface area contributed by atoms with E-state index in [4.69, 9.17) is 4.74 Å². The highest BCUT2D eigenvalue weighted by molar-refractivity contribution is 5.24. The third-order valence-electron chi connectivity index (χ3n) is 2.09. The van der Waals surface area contributed by atoms with Gasteiger partial charge in [0.05, 0.1) is 0 Å². The van der Waals surface area contributed by atoms with E-state index in [1.807, 2.05) is 0 Å². The molecule has 17 heavy (non-hydrogen) atoms. The van der Waals surface area contributed by atoms with Crippen molar-refractivity contribution in [2.24, 2.45) is 5.41 Å². The predicted octanol–water partition coefficient (Wildman–Crippen LogP) is 2.98. The summed E-state index contributed by atoms with van der Waals surface area (Å²) >= 11 is 0. The van der Waals surface area contributed by atoms with Gasteiger partial charge in [0.1, 0.15) is 12.4 Å². The summed E-state index contributed by atoms with van der Waals surface area (Å²) in [7, 11) is 0. The molecule has 96 valence electrons. The summed E-state index contributed by atoms with van der Waals surface area (Å²) in [4.78, 5) is 0. The fourth-order valence-electron chi connectivity index (χ4n) is 1.29. The number of hydrogen-bond donors (Lipinski definition) is 1. The normalized spacial score (nSPS) is 11.6. The number of rotatable bonds is 5. The maximum Gasteiger partial charge on any atom is 0.167 e. The topological polar surface area (TPSA) is 21.3 Å². The van der Waals surface area contributed by atoms with Crippen LogP contribution >= 0.6 is 0 Å². The van der Waals surface area contributed by atoms with Crippen molar-refractivity contribution in [3.8, 4) is 5.75 Å². The molecule has 1 rings (SSSR count). The van der Waals surface area contributed by atoms with Gasteiger partial charge in [-0.1, -0.05) is 20.8 Å². The third kappa shape index (κ3) is 5.63. The first-order chi connectivity index (χ1) is 7.88. The third-order valence-corrected chi connectivity index (χ3v) is 2.09. The zero-order valence-electron chi connectivity index (χ0n) is 10.5. The molecule has 0 saturated heterocycles. The summed E-state index contributed by atoms with van der Waals surface area (Å²) in [5.74, 6) is -1.18. The lowest BCUT2D eigenvalue weighted by molar-refractivity contribution is 0.285. The Bertz CT molecular complexity index is 361. The Labute approximate surface area is 101 Å². The minimum atomic E-state index is -0.666. The Balaban J connectivity index is 2.27. The summed E-state index contributed by atoms with van der Waals surface area (Å²) in [6, 6.07) is 3.30. The first kappa shape index (κ1) is 13.9. The zero-order valence-corrected chi connectivity index (χ0v) is 10.5. The SMILES string of the molecule is CC(C)(C)CNCCOc1ccc(F)cc1F. The maximum atomic E-state index is 13.2. The summed E-state index contributed by atoms with van der Waals surface area (Å²) in [5.41, 5.74) is 0.209. The number of benzene rings is 1. The van der Waals surface area contributed by atoms with Gasteiger partial charge in [0.2, 0.25) is 0 Å². The van der Waals surface area contributed by atoms with Crippen molar-refractivity contribution < 1.29 is 13.5 Å². The van der Waals surface area contributed by atoms with Crippen LogP contribution in [0, 0.1) is 17.0 Å². The minimum absolute atomic E-state index is 0.0870. The van der Waals surface area contributed by atoms with Crippen molar-refractivity contribution in [3.05, 3.63) is 29.8 Å². The minimum Gasteiger partial charge on any atom is -0.489 e. The highest BCUT2D eigenvalue weighted by atomic mass is 19.1. The molecule has 0 aliphatic rings. The average molecular weight is 243 g/mol. The van der Waals surface area contributed by atoms with Crippen molar-refractivity contribution >= 4 is 0 Å². The maximum absolute atomic E-state index is 13.2. The van der Waals surface area contributed by atoms with Crippen molar-refractivity contribution in [3.63, 3.8) is 0 Å². The van der Waals surface area contributed by atoms with Gasteiger partial charge in [-0.05, 0) is 17.5 Å². The van der Waals surface area contributed by atoms with E-state index in [1.54, 1.807) is 0 Å². The van der Waals surface area contributed by atoms with Crippen LogP contribution in [0.1, 0.15) is 20.8 Å². The number of nitrogens with one attached hydrogen (secondary N) is 1. The largest absolute Gasteiger partial charge is 0.489 e. The molecule has 0 bridgehead atoms. The van der Waals surface area contributed by atoms with E-state index in [-0.39, 0.29) is 11.2 Å². The van der Waals surface area contributed by atoms with Crippen LogP contribution in [0.15, 0.2) is 18.2 Å². The zero-order chi connectivity index (χ0) is 12.9. The van der Waals surface area contributed by atoms with Gasteiger partial charge in [-0.3, -0.25) is 0 Å². The van der Waals surface area contributed by atoms with Gasteiger partial charge in [-0.15, -0.1) is 0 Å². The van der Waals surface area contributed by atoms with Gasteiger partial charge in [0, 0.05) is 19.2 Å². The summed E-state index contributed by atoms with van der Waals surface area (Å²) in [6.45, 7) is 8.23. The van der Waals surface area contributed by atoms with Crippen LogP contribution in [-0.4, -0.2) is 19.7 Å². The average Bonchev–Trinajstić information content (AvgIpc) is 2.18. The number of halogens is 2. The summed E-state index contributed by atoms with van der Waals surface area (Å²) in [5, 5.41) is 3.20. The smallest absolute Gasteiger partial charge is 0.167 e. The van der Waals surface area contributed by atoms with E-state index in [0.717, 1.165) is 12.6 Å². The van der Waals surface area contributed by atoms with Crippen LogP contribution in [0.5, 0.6) is 5.75 Å². The lowest BCUT2D eigenvalue weighted by atomic mass is 9.97. The van der Waals surface area contributed by atoms with E-state index < -0.39 is 11.6 Å². The van der Waals surface area contributed by atoms with E-state index in [2.05, 4.69) is 26.1 Å². The van der Waals surface area contributed by atoms with Crippen LogP contribution in [-0.2, 0) is 0 Å². The number of ether oxygens (including phenoxy) is 1. The number of hydrogen-bond acceptors (Lipinski definition) is 2. The molecule has 0 radical (unpaired) electrons. The van der Waals surface area contributed by atoms with E-state index in [1.165, 1.54) is 12.1 Å². The lowest BCUT2D eigenvalue weighted by Crippen LogP contribution is -2.30. The first-order valence-electron chi connectivity index (χ1n) is 5.67. The van der Waals surface area contributed by atoms with E-state index >= 15 is 0 Å².